The van der Waals surface area contributed by atoms with E-state index in [1.54, 1.807) is 13.3 Å². The molecule has 0 radical (unpaired) electrons. The van der Waals surface area contributed by atoms with E-state index in [2.05, 4.69) is 72.9 Å². The molecule has 4 nitrogen and oxygen atoms in total. The third-order valence-corrected chi connectivity index (χ3v) is 14.2. The summed E-state index contributed by atoms with van der Waals surface area (Å²) in [4.78, 5) is 0. The van der Waals surface area contributed by atoms with Gasteiger partial charge < -0.3 is 13.7 Å². The molecule has 0 atom stereocenters. The summed E-state index contributed by atoms with van der Waals surface area (Å²) < 4.78 is 17.8. The maximum atomic E-state index is 6.39. The highest BCUT2D eigenvalue weighted by Crippen LogP contribution is 2.40. The minimum atomic E-state index is -1.91. The Hall–Kier alpha value is -1.28. The molecule has 0 saturated carbocycles. The Morgan fingerprint density at radius 3 is 1.85 bits per heavy atom. The molecule has 0 unspecified atom stereocenters. The number of benzene rings is 1. The van der Waals surface area contributed by atoms with Crippen LogP contribution in [0.25, 0.3) is 0 Å². The zero-order chi connectivity index (χ0) is 20.4. The fraction of sp³-hybridized carbons (Fsp3) is 0.650. The molecule has 0 aliphatic rings. The molecule has 148 valence electrons. The lowest BCUT2D eigenvalue weighted by atomic mass is 10.2. The van der Waals surface area contributed by atoms with Crippen LogP contribution in [-0.2, 0) is 4.53 Å². The predicted molar refractivity (Wildman–Crippen MR) is 117 cm³/mol. The standard InChI is InChI=1S/C20H37NO3Si2/c1-19(2,3)25(8,9)23-17-13-12-16(14-18(17)22-7)15-21-24-26(10,11)20(4,5)6/h12-15H,1-11H3. The van der Waals surface area contributed by atoms with Gasteiger partial charge in [0.05, 0.1) is 13.3 Å². The van der Waals surface area contributed by atoms with Crippen molar-refractivity contribution < 1.29 is 13.7 Å². The van der Waals surface area contributed by atoms with E-state index in [0.29, 0.717) is 0 Å². The van der Waals surface area contributed by atoms with Crippen molar-refractivity contribution in [3.63, 3.8) is 0 Å². The van der Waals surface area contributed by atoms with Gasteiger partial charge in [0.1, 0.15) is 5.75 Å². The van der Waals surface area contributed by atoms with E-state index in [0.717, 1.165) is 17.1 Å². The molecular formula is C20H37NO3Si2. The summed E-state index contributed by atoms with van der Waals surface area (Å²) in [5, 5.41) is 4.51. The van der Waals surface area contributed by atoms with Crippen molar-refractivity contribution in [3.05, 3.63) is 23.8 Å². The zero-order valence-electron chi connectivity index (χ0n) is 18.5. The second-order valence-corrected chi connectivity index (χ2v) is 19.3. The van der Waals surface area contributed by atoms with Crippen LogP contribution in [0.15, 0.2) is 23.4 Å². The van der Waals surface area contributed by atoms with Gasteiger partial charge >= 0.3 is 0 Å². The summed E-state index contributed by atoms with van der Waals surface area (Å²) in [6.07, 6.45) is 1.75. The van der Waals surface area contributed by atoms with Crippen molar-refractivity contribution in [2.45, 2.75) is 77.8 Å². The fourth-order valence-electron chi connectivity index (χ4n) is 1.63. The van der Waals surface area contributed by atoms with Gasteiger partial charge in [-0.25, -0.2) is 0 Å². The first-order valence-electron chi connectivity index (χ1n) is 9.19. The van der Waals surface area contributed by atoms with Crippen molar-refractivity contribution in [1.82, 2.24) is 0 Å². The average molecular weight is 396 g/mol. The lowest BCUT2D eigenvalue weighted by molar-refractivity contribution is 0.310. The van der Waals surface area contributed by atoms with E-state index in [-0.39, 0.29) is 10.1 Å². The maximum absolute atomic E-state index is 6.39. The predicted octanol–water partition coefficient (Wildman–Crippen LogP) is 6.43. The van der Waals surface area contributed by atoms with Gasteiger partial charge in [0.15, 0.2) is 5.75 Å². The van der Waals surface area contributed by atoms with Crippen molar-refractivity contribution >= 4 is 22.8 Å². The van der Waals surface area contributed by atoms with Gasteiger partial charge in [0.25, 0.3) is 16.6 Å². The summed E-state index contributed by atoms with van der Waals surface area (Å²) in [5.41, 5.74) is 0.933. The van der Waals surface area contributed by atoms with Crippen molar-refractivity contribution in [2.24, 2.45) is 5.16 Å². The molecule has 0 heterocycles. The summed E-state index contributed by atoms with van der Waals surface area (Å²) in [6, 6.07) is 5.90. The first kappa shape index (κ1) is 22.8. The second-order valence-electron chi connectivity index (χ2n) is 9.86. The molecule has 1 aromatic rings. The van der Waals surface area contributed by atoms with Crippen LogP contribution in [0, 0.1) is 0 Å². The fourth-order valence-corrected chi connectivity index (χ4v) is 3.25. The Labute approximate surface area is 162 Å². The van der Waals surface area contributed by atoms with Crippen LogP contribution in [0.1, 0.15) is 47.1 Å². The smallest absolute Gasteiger partial charge is 0.286 e. The van der Waals surface area contributed by atoms with Gasteiger partial charge in [-0.1, -0.05) is 41.5 Å². The normalized spacial score (nSPS) is 13.8. The molecule has 0 aromatic heterocycles. The highest BCUT2D eigenvalue weighted by molar-refractivity contribution is 6.75. The summed E-state index contributed by atoms with van der Waals surface area (Å²) in [5.74, 6) is 1.52. The summed E-state index contributed by atoms with van der Waals surface area (Å²) in [7, 11) is -2.14. The molecule has 26 heavy (non-hydrogen) atoms. The molecule has 0 fully saturated rings. The van der Waals surface area contributed by atoms with Crippen LogP contribution in [0.3, 0.4) is 0 Å². The molecule has 0 saturated heterocycles. The van der Waals surface area contributed by atoms with Crippen LogP contribution in [0.5, 0.6) is 11.5 Å². The van der Waals surface area contributed by atoms with E-state index >= 15 is 0 Å². The van der Waals surface area contributed by atoms with E-state index in [1.165, 1.54) is 0 Å². The number of hydrogen-bond acceptors (Lipinski definition) is 4. The SMILES string of the molecule is COc1cc(C=NO[Si](C)(C)C(C)(C)C)ccc1O[Si](C)(C)C(C)(C)C. The molecule has 1 rings (SSSR count). The lowest BCUT2D eigenvalue weighted by Gasteiger charge is -2.36. The quantitative estimate of drug-likeness (QED) is 0.316. The van der Waals surface area contributed by atoms with Crippen LogP contribution in [0.2, 0.25) is 36.3 Å². The molecule has 0 aliphatic heterocycles. The molecule has 0 spiro atoms. The zero-order valence-corrected chi connectivity index (χ0v) is 20.5. The van der Waals surface area contributed by atoms with Gasteiger partial charge in [0.2, 0.25) is 0 Å². The third-order valence-electron chi connectivity index (χ3n) is 5.65. The maximum Gasteiger partial charge on any atom is 0.286 e. The molecule has 0 bridgehead atoms. The minimum Gasteiger partial charge on any atom is -0.541 e. The number of methoxy groups -OCH3 is 1. The van der Waals surface area contributed by atoms with Gasteiger partial charge in [-0.3, -0.25) is 0 Å². The van der Waals surface area contributed by atoms with Crippen molar-refractivity contribution in [2.75, 3.05) is 7.11 Å². The Kier molecular flexibility index (Phi) is 6.80. The summed E-state index contributed by atoms with van der Waals surface area (Å²) >= 11 is 0. The molecular weight excluding hydrogens is 358 g/mol. The molecule has 0 N–H and O–H groups in total. The van der Waals surface area contributed by atoms with Crippen molar-refractivity contribution in [3.8, 4) is 11.5 Å². The van der Waals surface area contributed by atoms with E-state index in [9.17, 15) is 0 Å². The van der Waals surface area contributed by atoms with Crippen LogP contribution < -0.4 is 9.16 Å². The van der Waals surface area contributed by atoms with Gasteiger partial charge in [0, 0.05) is 0 Å². The van der Waals surface area contributed by atoms with E-state index in [1.807, 2.05) is 18.2 Å². The van der Waals surface area contributed by atoms with Gasteiger partial charge in [-0.2, -0.15) is 0 Å². The van der Waals surface area contributed by atoms with Crippen LogP contribution in [0.4, 0.5) is 0 Å². The second kappa shape index (κ2) is 7.76. The van der Waals surface area contributed by atoms with E-state index in [4.69, 9.17) is 13.7 Å². The van der Waals surface area contributed by atoms with Crippen LogP contribution in [-0.4, -0.2) is 30.0 Å². The third kappa shape index (κ3) is 5.61. The Morgan fingerprint density at radius 1 is 0.846 bits per heavy atom. The topological polar surface area (TPSA) is 40.0 Å². The highest BCUT2D eigenvalue weighted by Gasteiger charge is 2.40. The molecule has 6 heteroatoms. The van der Waals surface area contributed by atoms with E-state index < -0.39 is 16.6 Å². The molecule has 0 aliphatic carbocycles. The van der Waals surface area contributed by atoms with Gasteiger partial charge in [-0.05, 0) is 60.0 Å². The number of nitrogens with zero attached hydrogens (tertiary/aromatic N) is 1. The molecule has 1 aromatic carbocycles. The molecule has 0 amide bonds. The largest absolute Gasteiger partial charge is 0.541 e. The van der Waals surface area contributed by atoms with Crippen molar-refractivity contribution in [1.29, 1.82) is 0 Å². The van der Waals surface area contributed by atoms with Crippen LogP contribution >= 0.6 is 0 Å². The number of hydrogen-bond donors (Lipinski definition) is 0. The first-order valence-corrected chi connectivity index (χ1v) is 15.0. The lowest BCUT2D eigenvalue weighted by Crippen LogP contribution is -2.43. The average Bonchev–Trinajstić information content (AvgIpc) is 2.45. The number of rotatable bonds is 6. The minimum absolute atomic E-state index is 0.128. The first-order chi connectivity index (χ1) is 11.6. The number of oxime groups is 1. The number of ether oxygens (including phenoxy) is 1. The Morgan fingerprint density at radius 2 is 1.38 bits per heavy atom. The summed E-state index contributed by atoms with van der Waals surface area (Å²) in [6.45, 7) is 22.1. The highest BCUT2D eigenvalue weighted by atomic mass is 28.4. The van der Waals surface area contributed by atoms with Gasteiger partial charge in [-0.15, -0.1) is 5.16 Å². The monoisotopic (exact) mass is 395 g/mol. The Balaban J connectivity index is 2.98. The Bertz CT molecular complexity index is 641.